The molecule has 2 heterocycles. The van der Waals surface area contributed by atoms with Crippen LogP contribution in [0.15, 0.2) is 48.7 Å². The Labute approximate surface area is 205 Å². The van der Waals surface area contributed by atoms with Crippen molar-refractivity contribution in [2.45, 2.75) is 46.8 Å². The van der Waals surface area contributed by atoms with E-state index in [4.69, 9.17) is 5.11 Å². The zero-order valence-electron chi connectivity index (χ0n) is 19.7. The Morgan fingerprint density at radius 1 is 1.06 bits per heavy atom. The molecule has 0 spiro atoms. The highest BCUT2D eigenvalue weighted by atomic mass is 32.1. The summed E-state index contributed by atoms with van der Waals surface area (Å²) >= 11 is 1.27. The summed E-state index contributed by atoms with van der Waals surface area (Å²) in [7, 11) is 0. The number of aryl methyl sites for hydroxylation is 4. The summed E-state index contributed by atoms with van der Waals surface area (Å²) in [4.78, 5) is 10.5. The maximum absolute atomic E-state index is 12.8. The van der Waals surface area contributed by atoms with Crippen molar-refractivity contribution in [3.63, 3.8) is 0 Å². The van der Waals surface area contributed by atoms with Gasteiger partial charge in [-0.3, -0.25) is 4.68 Å². The van der Waals surface area contributed by atoms with E-state index in [1.165, 1.54) is 17.4 Å². The Bertz CT molecular complexity index is 1330. The van der Waals surface area contributed by atoms with E-state index >= 15 is 0 Å². The Morgan fingerprint density at radius 2 is 1.80 bits per heavy atom. The van der Waals surface area contributed by atoms with E-state index in [2.05, 4.69) is 15.3 Å². The molecule has 0 amide bonds. The number of nitrogens with zero attached hydrogens (tertiary/aromatic N) is 4. The molecule has 0 bridgehead atoms. The molecule has 184 valence electrons. The first-order chi connectivity index (χ1) is 16.5. The molecule has 0 radical (unpaired) electrons. The van der Waals surface area contributed by atoms with Gasteiger partial charge >= 0.3 is 12.1 Å². The normalized spacial score (nSPS) is 11.2. The highest BCUT2D eigenvalue weighted by Crippen LogP contribution is 2.33. The van der Waals surface area contributed by atoms with Crippen LogP contribution in [-0.2, 0) is 19.1 Å². The lowest BCUT2D eigenvalue weighted by atomic mass is 10.1. The largest absolute Gasteiger partial charge is 0.478 e. The maximum Gasteiger partial charge on any atom is 0.416 e. The van der Waals surface area contributed by atoms with Crippen LogP contribution in [-0.4, -0.2) is 31.1 Å². The van der Waals surface area contributed by atoms with Crippen molar-refractivity contribution in [1.82, 2.24) is 20.0 Å². The molecular weight excluding hydrogens is 477 g/mol. The molecule has 35 heavy (non-hydrogen) atoms. The van der Waals surface area contributed by atoms with Crippen molar-refractivity contribution >= 4 is 17.3 Å². The fraction of sp³-hybridized carbons (Fsp3) is 0.280. The summed E-state index contributed by atoms with van der Waals surface area (Å²) in [5.74, 6) is -0.859. The van der Waals surface area contributed by atoms with Crippen LogP contribution in [0, 0.1) is 20.8 Å². The number of rotatable bonds is 5. The summed E-state index contributed by atoms with van der Waals surface area (Å²) in [6.45, 7) is 8.24. The van der Waals surface area contributed by atoms with Gasteiger partial charge in [0, 0.05) is 11.8 Å². The minimum atomic E-state index is -4.37. The standard InChI is InChI=1S/C16H15F3N4S.C9H10O2/c1-3-13-10(2)8-23(22-13)9-14-20-21-15(24-14)11-5-4-6-12(7-11)16(17,18)19;1-6-3-4-8(9(10)11)7(2)5-6/h4-8H,3,9H2,1-2H3;3-5H,1-2H3,(H,10,11). The van der Waals surface area contributed by atoms with Gasteiger partial charge in [-0.15, -0.1) is 10.2 Å². The van der Waals surface area contributed by atoms with E-state index in [-0.39, 0.29) is 0 Å². The molecule has 0 saturated carbocycles. The number of alkyl halides is 3. The lowest BCUT2D eigenvalue weighted by Gasteiger charge is -2.06. The van der Waals surface area contributed by atoms with Crippen LogP contribution >= 0.6 is 11.3 Å². The monoisotopic (exact) mass is 502 g/mol. The topological polar surface area (TPSA) is 80.9 Å². The Kier molecular flexibility index (Phi) is 8.06. The molecule has 0 saturated heterocycles. The van der Waals surface area contributed by atoms with Gasteiger partial charge < -0.3 is 5.11 Å². The van der Waals surface area contributed by atoms with Crippen molar-refractivity contribution in [3.05, 3.63) is 87.2 Å². The van der Waals surface area contributed by atoms with Crippen LogP contribution in [0.3, 0.4) is 0 Å². The third kappa shape index (κ3) is 6.75. The van der Waals surface area contributed by atoms with Gasteiger partial charge in [0.05, 0.1) is 23.4 Å². The first kappa shape index (κ1) is 26.1. The van der Waals surface area contributed by atoms with Gasteiger partial charge in [-0.05, 0) is 56.5 Å². The minimum Gasteiger partial charge on any atom is -0.478 e. The fourth-order valence-electron chi connectivity index (χ4n) is 3.45. The molecular formula is C25H25F3N4O2S. The van der Waals surface area contributed by atoms with Gasteiger partial charge in [0.1, 0.15) is 10.0 Å². The lowest BCUT2D eigenvalue weighted by Crippen LogP contribution is -2.04. The Hall–Kier alpha value is -3.53. The van der Waals surface area contributed by atoms with E-state index in [0.717, 1.165) is 40.9 Å². The number of carboxylic acid groups (broad SMARTS) is 1. The third-order valence-electron chi connectivity index (χ3n) is 5.20. The highest BCUT2D eigenvalue weighted by Gasteiger charge is 2.30. The number of aromatic carboxylic acids is 1. The van der Waals surface area contributed by atoms with Gasteiger partial charge in [-0.25, -0.2) is 4.79 Å². The maximum atomic E-state index is 12.8. The molecule has 0 atom stereocenters. The quantitative estimate of drug-likeness (QED) is 0.344. The molecule has 4 rings (SSSR count). The smallest absolute Gasteiger partial charge is 0.416 e. The molecule has 2 aromatic carbocycles. The van der Waals surface area contributed by atoms with Gasteiger partial charge in [0.2, 0.25) is 0 Å². The Morgan fingerprint density at radius 3 is 2.40 bits per heavy atom. The lowest BCUT2D eigenvalue weighted by molar-refractivity contribution is -0.137. The molecule has 2 aromatic heterocycles. The third-order valence-corrected chi connectivity index (χ3v) is 6.15. The summed E-state index contributed by atoms with van der Waals surface area (Å²) in [6.07, 6.45) is -1.58. The van der Waals surface area contributed by atoms with Crippen LogP contribution in [0.2, 0.25) is 0 Å². The number of halogens is 3. The zero-order chi connectivity index (χ0) is 25.8. The van der Waals surface area contributed by atoms with Crippen molar-refractivity contribution in [1.29, 1.82) is 0 Å². The van der Waals surface area contributed by atoms with Crippen LogP contribution in [0.5, 0.6) is 0 Å². The van der Waals surface area contributed by atoms with E-state index in [9.17, 15) is 18.0 Å². The molecule has 0 aliphatic carbocycles. The Balaban J connectivity index is 0.000000261. The fourth-order valence-corrected chi connectivity index (χ4v) is 4.27. The van der Waals surface area contributed by atoms with Crippen LogP contribution in [0.4, 0.5) is 13.2 Å². The number of carboxylic acids is 1. The average Bonchev–Trinajstić information content (AvgIpc) is 3.39. The highest BCUT2D eigenvalue weighted by molar-refractivity contribution is 7.14. The second kappa shape index (κ2) is 10.8. The summed E-state index contributed by atoms with van der Waals surface area (Å²) in [6, 6.07) is 10.4. The van der Waals surface area contributed by atoms with E-state index < -0.39 is 17.7 Å². The van der Waals surface area contributed by atoms with Gasteiger partial charge in [0.25, 0.3) is 0 Å². The van der Waals surface area contributed by atoms with E-state index in [0.29, 0.717) is 27.7 Å². The molecule has 0 aliphatic heterocycles. The number of benzene rings is 2. The van der Waals surface area contributed by atoms with Gasteiger partial charge in [0.15, 0.2) is 0 Å². The molecule has 0 aliphatic rings. The first-order valence-electron chi connectivity index (χ1n) is 10.8. The number of aromatic nitrogens is 4. The van der Waals surface area contributed by atoms with Gasteiger partial charge in [-0.2, -0.15) is 18.3 Å². The molecule has 0 fully saturated rings. The molecule has 4 aromatic rings. The molecule has 1 N–H and O–H groups in total. The second-order valence-electron chi connectivity index (χ2n) is 8.01. The minimum absolute atomic E-state index is 0.385. The number of carbonyl (C=O) groups is 1. The van der Waals surface area contributed by atoms with Crippen molar-refractivity contribution in [3.8, 4) is 10.6 Å². The van der Waals surface area contributed by atoms with Crippen LogP contribution in [0.1, 0.15) is 50.2 Å². The van der Waals surface area contributed by atoms with Crippen LogP contribution < -0.4 is 0 Å². The summed E-state index contributed by atoms with van der Waals surface area (Å²) in [5.41, 5.74) is 4.16. The van der Waals surface area contributed by atoms with Crippen LogP contribution in [0.25, 0.3) is 10.6 Å². The number of hydrogen-bond acceptors (Lipinski definition) is 5. The van der Waals surface area contributed by atoms with Crippen molar-refractivity contribution < 1.29 is 23.1 Å². The predicted molar refractivity (Wildman–Crippen MR) is 129 cm³/mol. The summed E-state index contributed by atoms with van der Waals surface area (Å²) < 4.78 is 40.2. The molecule has 10 heteroatoms. The van der Waals surface area contributed by atoms with Crippen molar-refractivity contribution in [2.75, 3.05) is 0 Å². The van der Waals surface area contributed by atoms with E-state index in [1.54, 1.807) is 29.8 Å². The summed E-state index contributed by atoms with van der Waals surface area (Å²) in [5, 5.41) is 22.4. The molecule has 6 nitrogen and oxygen atoms in total. The number of hydrogen-bond donors (Lipinski definition) is 1. The SMILES string of the molecule is CCc1nn(Cc2nnc(-c3cccc(C(F)(F)F)c3)s2)cc1C.Cc1ccc(C(=O)O)c(C)c1. The first-order valence-corrected chi connectivity index (χ1v) is 11.6. The van der Waals surface area contributed by atoms with Crippen molar-refractivity contribution in [2.24, 2.45) is 0 Å². The second-order valence-corrected chi connectivity index (χ2v) is 9.08. The van der Waals surface area contributed by atoms with E-state index in [1.807, 2.05) is 33.0 Å². The predicted octanol–water partition coefficient (Wildman–Crippen LogP) is 6.34. The molecule has 0 unspecified atom stereocenters. The zero-order valence-corrected chi connectivity index (χ0v) is 20.5. The average molecular weight is 503 g/mol. The van der Waals surface area contributed by atoms with Gasteiger partial charge in [-0.1, -0.05) is 48.1 Å².